The first-order chi connectivity index (χ1) is 7.70. The van der Waals surface area contributed by atoms with Crippen molar-refractivity contribution in [3.05, 3.63) is 59.7 Å². The fourth-order valence-electron chi connectivity index (χ4n) is 2.36. The van der Waals surface area contributed by atoms with Crippen molar-refractivity contribution >= 4 is 22.9 Å². The smallest absolute Gasteiger partial charge is 0.0146 e. The molecule has 80 valence electrons. The van der Waals surface area contributed by atoms with E-state index >= 15 is 0 Å². The van der Waals surface area contributed by atoms with Crippen LogP contribution >= 0.6 is 0 Å². The largest absolute Gasteiger partial charge is 0.0984 e. The fourth-order valence-corrected chi connectivity index (χ4v) is 2.36. The minimum Gasteiger partial charge on any atom is -0.0984 e. The maximum Gasteiger partial charge on any atom is -0.0146 e. The lowest BCUT2D eigenvalue weighted by molar-refractivity contribution is 1.41. The first kappa shape index (κ1) is 10.7. The second-order valence-corrected chi connectivity index (χ2v) is 4.03. The Kier molecular flexibility index (Phi) is 2.66. The van der Waals surface area contributed by atoms with Gasteiger partial charge in [-0.2, -0.15) is 0 Å². The summed E-state index contributed by atoms with van der Waals surface area (Å²) in [4.78, 5) is 0. The summed E-state index contributed by atoms with van der Waals surface area (Å²) in [5.74, 6) is 0. The zero-order valence-corrected chi connectivity index (χ0v) is 9.88. The van der Waals surface area contributed by atoms with Crippen LogP contribution in [0.5, 0.6) is 0 Å². The minimum atomic E-state index is 1.20. The lowest BCUT2D eigenvalue weighted by Gasteiger charge is -2.14. The summed E-state index contributed by atoms with van der Waals surface area (Å²) < 4.78 is 0. The van der Waals surface area contributed by atoms with E-state index in [9.17, 15) is 0 Å². The van der Waals surface area contributed by atoms with E-state index < -0.39 is 0 Å². The summed E-state index contributed by atoms with van der Waals surface area (Å²) in [7, 11) is 0. The van der Waals surface area contributed by atoms with Gasteiger partial charge in [-0.05, 0) is 46.9 Å². The number of hydrogen-bond donors (Lipinski definition) is 0. The molecule has 0 N–H and O–H groups in total. The molecule has 0 atom stereocenters. The van der Waals surface area contributed by atoms with Crippen molar-refractivity contribution in [2.45, 2.75) is 13.8 Å². The summed E-state index contributed by atoms with van der Waals surface area (Å²) in [5.41, 5.74) is 4.97. The molecule has 0 heterocycles. The average Bonchev–Trinajstić information content (AvgIpc) is 2.33. The maximum atomic E-state index is 3.90. The molecule has 0 nitrogen and oxygen atoms in total. The Morgan fingerprint density at radius 2 is 1.19 bits per heavy atom. The zero-order valence-electron chi connectivity index (χ0n) is 9.88. The Hall–Kier alpha value is -1.82. The van der Waals surface area contributed by atoms with E-state index in [4.69, 9.17) is 0 Å². The van der Waals surface area contributed by atoms with Crippen LogP contribution in [0, 0.1) is 13.8 Å². The number of hydrogen-bond acceptors (Lipinski definition) is 0. The van der Waals surface area contributed by atoms with Gasteiger partial charge in [-0.1, -0.05) is 49.6 Å². The van der Waals surface area contributed by atoms with Gasteiger partial charge in [0, 0.05) is 0 Å². The predicted molar refractivity (Wildman–Crippen MR) is 73.6 cm³/mol. The number of rotatable bonds is 2. The van der Waals surface area contributed by atoms with Gasteiger partial charge in [0.15, 0.2) is 0 Å². The summed E-state index contributed by atoms with van der Waals surface area (Å²) >= 11 is 0. The monoisotopic (exact) mass is 208 g/mol. The number of fused-ring (bicyclic) bond motifs is 1. The Morgan fingerprint density at radius 3 is 1.50 bits per heavy atom. The van der Waals surface area contributed by atoms with E-state index in [0.717, 1.165) is 0 Å². The lowest BCUT2D eigenvalue weighted by Crippen LogP contribution is -1.93. The van der Waals surface area contributed by atoms with Crippen LogP contribution < -0.4 is 0 Å². The molecule has 0 fully saturated rings. The van der Waals surface area contributed by atoms with Crippen LogP contribution in [0.25, 0.3) is 22.9 Å². The topological polar surface area (TPSA) is 0 Å². The second kappa shape index (κ2) is 3.97. The normalized spacial score (nSPS) is 10.4. The van der Waals surface area contributed by atoms with Crippen molar-refractivity contribution in [2.75, 3.05) is 0 Å². The van der Waals surface area contributed by atoms with Gasteiger partial charge in [-0.15, -0.1) is 0 Å². The van der Waals surface area contributed by atoms with E-state index in [1.807, 2.05) is 12.2 Å². The van der Waals surface area contributed by atoms with Crippen LogP contribution in [-0.4, -0.2) is 0 Å². The first-order valence-corrected chi connectivity index (χ1v) is 5.47. The third-order valence-electron chi connectivity index (χ3n) is 3.24. The van der Waals surface area contributed by atoms with E-state index in [1.165, 1.54) is 33.0 Å². The molecule has 16 heavy (non-hydrogen) atoms. The molecule has 0 bridgehead atoms. The van der Waals surface area contributed by atoms with Crippen molar-refractivity contribution < 1.29 is 0 Å². The Bertz CT molecular complexity index is 522. The molecule has 0 aliphatic heterocycles. The summed E-state index contributed by atoms with van der Waals surface area (Å²) in [6.07, 6.45) is 3.84. The Labute approximate surface area is 96.9 Å². The van der Waals surface area contributed by atoms with E-state index in [0.29, 0.717) is 0 Å². The van der Waals surface area contributed by atoms with Gasteiger partial charge < -0.3 is 0 Å². The molecule has 0 saturated carbocycles. The molecule has 2 rings (SSSR count). The standard InChI is InChI=1S/C16H16/c1-5-13-11(3)15-9-7-8-10-16(15)12(4)14(13)6-2/h5-10H,1-2H2,3-4H3. The highest BCUT2D eigenvalue weighted by molar-refractivity contribution is 5.95. The van der Waals surface area contributed by atoms with Crippen molar-refractivity contribution in [3.8, 4) is 0 Å². The molecule has 0 aliphatic carbocycles. The summed E-state index contributed by atoms with van der Waals surface area (Å²) in [6, 6.07) is 8.49. The van der Waals surface area contributed by atoms with Gasteiger partial charge >= 0.3 is 0 Å². The zero-order chi connectivity index (χ0) is 11.7. The molecule has 0 amide bonds. The van der Waals surface area contributed by atoms with E-state index in [1.54, 1.807) is 0 Å². The van der Waals surface area contributed by atoms with Crippen molar-refractivity contribution in [1.29, 1.82) is 0 Å². The SMILES string of the molecule is C=Cc1c(C=C)c(C)c2ccccc2c1C. The predicted octanol–water partition coefficient (Wildman–Crippen LogP) is 4.74. The molecule has 2 aromatic carbocycles. The molecular weight excluding hydrogens is 192 g/mol. The van der Waals surface area contributed by atoms with Gasteiger partial charge in [0.2, 0.25) is 0 Å². The summed E-state index contributed by atoms with van der Waals surface area (Å²) in [6.45, 7) is 12.1. The quantitative estimate of drug-likeness (QED) is 0.668. The molecule has 0 heteroatoms. The third-order valence-corrected chi connectivity index (χ3v) is 3.24. The second-order valence-electron chi connectivity index (χ2n) is 4.03. The Balaban J connectivity index is 3.04. The first-order valence-electron chi connectivity index (χ1n) is 5.47. The fraction of sp³-hybridized carbons (Fsp3) is 0.125. The maximum absolute atomic E-state index is 3.90. The van der Waals surface area contributed by atoms with Crippen LogP contribution in [0.15, 0.2) is 37.4 Å². The number of benzene rings is 2. The Morgan fingerprint density at radius 1 is 0.812 bits per heavy atom. The highest BCUT2D eigenvalue weighted by Crippen LogP contribution is 2.30. The molecule has 0 saturated heterocycles. The van der Waals surface area contributed by atoms with Gasteiger partial charge in [-0.3, -0.25) is 0 Å². The molecule has 0 aromatic heterocycles. The van der Waals surface area contributed by atoms with E-state index in [-0.39, 0.29) is 0 Å². The van der Waals surface area contributed by atoms with Crippen LogP contribution in [0.4, 0.5) is 0 Å². The highest BCUT2D eigenvalue weighted by Gasteiger charge is 2.09. The molecule has 0 unspecified atom stereocenters. The highest BCUT2D eigenvalue weighted by atomic mass is 14.1. The van der Waals surface area contributed by atoms with Crippen LogP contribution in [0.3, 0.4) is 0 Å². The molecule has 0 radical (unpaired) electrons. The van der Waals surface area contributed by atoms with Gasteiger partial charge in [-0.25, -0.2) is 0 Å². The molecule has 0 aliphatic rings. The van der Waals surface area contributed by atoms with E-state index in [2.05, 4.69) is 51.3 Å². The molecule has 2 aromatic rings. The van der Waals surface area contributed by atoms with Gasteiger partial charge in [0.05, 0.1) is 0 Å². The number of aryl methyl sites for hydroxylation is 2. The van der Waals surface area contributed by atoms with Crippen molar-refractivity contribution in [1.82, 2.24) is 0 Å². The van der Waals surface area contributed by atoms with Gasteiger partial charge in [0.25, 0.3) is 0 Å². The van der Waals surface area contributed by atoms with Crippen molar-refractivity contribution in [2.24, 2.45) is 0 Å². The molecule has 0 spiro atoms. The summed E-state index contributed by atoms with van der Waals surface area (Å²) in [5, 5.41) is 2.61. The average molecular weight is 208 g/mol. The van der Waals surface area contributed by atoms with Crippen LogP contribution in [0.2, 0.25) is 0 Å². The van der Waals surface area contributed by atoms with Crippen LogP contribution in [-0.2, 0) is 0 Å². The third kappa shape index (κ3) is 1.38. The van der Waals surface area contributed by atoms with Crippen molar-refractivity contribution in [3.63, 3.8) is 0 Å². The lowest BCUT2D eigenvalue weighted by atomic mass is 9.90. The van der Waals surface area contributed by atoms with Crippen LogP contribution in [0.1, 0.15) is 22.3 Å². The minimum absolute atomic E-state index is 1.20. The van der Waals surface area contributed by atoms with Gasteiger partial charge in [0.1, 0.15) is 0 Å². The molecular formula is C16H16.